The minimum Gasteiger partial charge on any atom is -0.383 e. The first-order valence-electron chi connectivity index (χ1n) is 5.91. The Labute approximate surface area is 89.6 Å². The van der Waals surface area contributed by atoms with Crippen molar-refractivity contribution in [2.45, 2.75) is 59.0 Å². The molecule has 0 saturated heterocycles. The molecule has 0 spiro atoms. The maximum Gasteiger partial charge on any atom is 0.0618 e. The monoisotopic (exact) mass is 201 g/mol. The zero-order valence-corrected chi connectivity index (χ0v) is 10.5. The molecule has 0 aromatic rings. The van der Waals surface area contributed by atoms with Crippen LogP contribution in [0.4, 0.5) is 0 Å². The molecule has 0 bridgehead atoms. The molecule has 0 aromatic carbocycles. The van der Waals surface area contributed by atoms with Crippen LogP contribution in [0.5, 0.6) is 0 Å². The van der Waals surface area contributed by atoms with Gasteiger partial charge in [-0.3, -0.25) is 4.90 Å². The predicted octanol–water partition coefficient (Wildman–Crippen LogP) is 2.92. The standard InChI is InChI=1S/C12H27NO/c1-6-8-9-13(11(3)4)12(7-2)10-14-5/h11-12H,6-10H2,1-5H3. The molecule has 0 rings (SSSR count). The van der Waals surface area contributed by atoms with Crippen LogP contribution in [0.2, 0.25) is 0 Å². The molecule has 1 atom stereocenters. The zero-order valence-electron chi connectivity index (χ0n) is 10.5. The van der Waals surface area contributed by atoms with Crippen LogP contribution in [-0.2, 0) is 4.74 Å². The molecule has 0 radical (unpaired) electrons. The van der Waals surface area contributed by atoms with Gasteiger partial charge in [0.2, 0.25) is 0 Å². The highest BCUT2D eigenvalue weighted by Gasteiger charge is 2.18. The van der Waals surface area contributed by atoms with Gasteiger partial charge in [0, 0.05) is 19.2 Å². The Bertz CT molecular complexity index is 125. The van der Waals surface area contributed by atoms with E-state index >= 15 is 0 Å². The molecule has 86 valence electrons. The maximum absolute atomic E-state index is 5.26. The van der Waals surface area contributed by atoms with Crippen LogP contribution >= 0.6 is 0 Å². The van der Waals surface area contributed by atoms with Crippen molar-refractivity contribution in [2.75, 3.05) is 20.3 Å². The average molecular weight is 201 g/mol. The van der Waals surface area contributed by atoms with E-state index in [1.54, 1.807) is 7.11 Å². The lowest BCUT2D eigenvalue weighted by atomic mass is 10.1. The molecule has 0 aliphatic heterocycles. The van der Waals surface area contributed by atoms with E-state index in [4.69, 9.17) is 4.74 Å². The van der Waals surface area contributed by atoms with E-state index in [1.165, 1.54) is 25.8 Å². The van der Waals surface area contributed by atoms with Gasteiger partial charge in [0.1, 0.15) is 0 Å². The molecule has 0 amide bonds. The van der Waals surface area contributed by atoms with Gasteiger partial charge in [-0.2, -0.15) is 0 Å². The summed E-state index contributed by atoms with van der Waals surface area (Å²) < 4.78 is 5.26. The first-order chi connectivity index (χ1) is 6.67. The van der Waals surface area contributed by atoms with Crippen LogP contribution in [-0.4, -0.2) is 37.2 Å². The summed E-state index contributed by atoms with van der Waals surface area (Å²) in [6.45, 7) is 11.1. The number of nitrogens with zero attached hydrogens (tertiary/aromatic N) is 1. The van der Waals surface area contributed by atoms with Gasteiger partial charge in [0.15, 0.2) is 0 Å². The summed E-state index contributed by atoms with van der Waals surface area (Å²) in [6, 6.07) is 1.22. The van der Waals surface area contributed by atoms with E-state index in [0.717, 1.165) is 6.61 Å². The number of ether oxygens (including phenoxy) is 1. The van der Waals surface area contributed by atoms with Crippen LogP contribution in [0, 0.1) is 0 Å². The Morgan fingerprint density at radius 2 is 1.86 bits per heavy atom. The lowest BCUT2D eigenvalue weighted by Gasteiger charge is -2.34. The quantitative estimate of drug-likeness (QED) is 0.598. The van der Waals surface area contributed by atoms with Crippen molar-refractivity contribution in [2.24, 2.45) is 0 Å². The summed E-state index contributed by atoms with van der Waals surface area (Å²) in [5.74, 6) is 0. The van der Waals surface area contributed by atoms with Crippen molar-refractivity contribution in [1.29, 1.82) is 0 Å². The largest absolute Gasteiger partial charge is 0.383 e. The van der Waals surface area contributed by atoms with Crippen LogP contribution in [0.3, 0.4) is 0 Å². The van der Waals surface area contributed by atoms with E-state index < -0.39 is 0 Å². The summed E-state index contributed by atoms with van der Waals surface area (Å²) in [6.07, 6.45) is 3.74. The number of hydrogen-bond acceptors (Lipinski definition) is 2. The second kappa shape index (κ2) is 8.25. The summed E-state index contributed by atoms with van der Waals surface area (Å²) in [5, 5.41) is 0. The zero-order chi connectivity index (χ0) is 11.0. The number of unbranched alkanes of at least 4 members (excludes halogenated alkanes) is 1. The van der Waals surface area contributed by atoms with E-state index in [1.807, 2.05) is 0 Å². The van der Waals surface area contributed by atoms with Gasteiger partial charge in [-0.05, 0) is 33.2 Å². The minimum absolute atomic E-state index is 0.589. The number of methoxy groups -OCH3 is 1. The molecule has 1 unspecified atom stereocenters. The van der Waals surface area contributed by atoms with Crippen LogP contribution in [0.1, 0.15) is 47.0 Å². The normalized spacial score (nSPS) is 13.9. The fraction of sp³-hybridized carbons (Fsp3) is 1.00. The van der Waals surface area contributed by atoms with Crippen molar-refractivity contribution in [3.8, 4) is 0 Å². The molecule has 0 saturated carbocycles. The number of hydrogen-bond donors (Lipinski definition) is 0. The van der Waals surface area contributed by atoms with E-state index in [0.29, 0.717) is 12.1 Å². The Morgan fingerprint density at radius 3 is 2.21 bits per heavy atom. The molecule has 0 aliphatic carbocycles. The topological polar surface area (TPSA) is 12.5 Å². The molecule has 2 heteroatoms. The van der Waals surface area contributed by atoms with Gasteiger partial charge in [-0.25, -0.2) is 0 Å². The second-order valence-corrected chi connectivity index (χ2v) is 4.20. The van der Waals surface area contributed by atoms with Crippen LogP contribution < -0.4 is 0 Å². The molecule has 0 fully saturated rings. The highest BCUT2D eigenvalue weighted by molar-refractivity contribution is 4.73. The predicted molar refractivity (Wildman–Crippen MR) is 62.7 cm³/mol. The van der Waals surface area contributed by atoms with Gasteiger partial charge in [0.25, 0.3) is 0 Å². The lowest BCUT2D eigenvalue weighted by molar-refractivity contribution is 0.0666. The first kappa shape index (κ1) is 13.9. The SMILES string of the molecule is CCCCN(C(C)C)C(CC)COC. The minimum atomic E-state index is 0.589. The third-order valence-corrected chi connectivity index (χ3v) is 2.73. The second-order valence-electron chi connectivity index (χ2n) is 4.20. The molecule has 0 heterocycles. The van der Waals surface area contributed by atoms with Gasteiger partial charge in [0.05, 0.1) is 6.61 Å². The first-order valence-corrected chi connectivity index (χ1v) is 5.91. The molecule has 2 nitrogen and oxygen atoms in total. The summed E-state index contributed by atoms with van der Waals surface area (Å²) in [7, 11) is 1.79. The molecular formula is C12H27NO. The van der Waals surface area contributed by atoms with Crippen LogP contribution in [0.15, 0.2) is 0 Å². The lowest BCUT2D eigenvalue weighted by Crippen LogP contribution is -2.43. The van der Waals surface area contributed by atoms with Crippen LogP contribution in [0.25, 0.3) is 0 Å². The Balaban J connectivity index is 4.12. The Hall–Kier alpha value is -0.0800. The van der Waals surface area contributed by atoms with E-state index in [9.17, 15) is 0 Å². The third kappa shape index (κ3) is 4.97. The third-order valence-electron chi connectivity index (χ3n) is 2.73. The summed E-state index contributed by atoms with van der Waals surface area (Å²) in [5.41, 5.74) is 0. The van der Waals surface area contributed by atoms with Crippen molar-refractivity contribution >= 4 is 0 Å². The fourth-order valence-electron chi connectivity index (χ4n) is 1.84. The average Bonchev–Trinajstić information content (AvgIpc) is 2.16. The van der Waals surface area contributed by atoms with Gasteiger partial charge in [-0.1, -0.05) is 20.3 Å². The van der Waals surface area contributed by atoms with Gasteiger partial charge in [-0.15, -0.1) is 0 Å². The molecule has 14 heavy (non-hydrogen) atoms. The Kier molecular flexibility index (Phi) is 8.20. The highest BCUT2D eigenvalue weighted by Crippen LogP contribution is 2.11. The molecule has 0 aromatic heterocycles. The van der Waals surface area contributed by atoms with E-state index in [-0.39, 0.29) is 0 Å². The van der Waals surface area contributed by atoms with Gasteiger partial charge < -0.3 is 4.74 Å². The Morgan fingerprint density at radius 1 is 1.21 bits per heavy atom. The van der Waals surface area contributed by atoms with Crippen molar-refractivity contribution in [3.63, 3.8) is 0 Å². The molecule has 0 N–H and O–H groups in total. The van der Waals surface area contributed by atoms with Crippen molar-refractivity contribution in [3.05, 3.63) is 0 Å². The number of rotatable bonds is 8. The van der Waals surface area contributed by atoms with Crippen molar-refractivity contribution in [1.82, 2.24) is 4.90 Å². The maximum atomic E-state index is 5.26. The van der Waals surface area contributed by atoms with E-state index in [2.05, 4.69) is 32.6 Å². The summed E-state index contributed by atoms with van der Waals surface area (Å²) in [4.78, 5) is 2.56. The fourth-order valence-corrected chi connectivity index (χ4v) is 1.84. The molecule has 0 aliphatic rings. The summed E-state index contributed by atoms with van der Waals surface area (Å²) >= 11 is 0. The van der Waals surface area contributed by atoms with Crippen molar-refractivity contribution < 1.29 is 4.74 Å². The highest BCUT2D eigenvalue weighted by atomic mass is 16.5. The smallest absolute Gasteiger partial charge is 0.0618 e. The molecular weight excluding hydrogens is 174 g/mol. The van der Waals surface area contributed by atoms with Gasteiger partial charge >= 0.3 is 0 Å².